The third-order valence-corrected chi connectivity index (χ3v) is 4.13. The number of carbonyl (C=O) groups excluding carboxylic acids is 3. The molecule has 0 aromatic heterocycles. The van der Waals surface area contributed by atoms with Crippen LogP contribution in [0, 0.1) is 0 Å². The van der Waals surface area contributed by atoms with Gasteiger partial charge in [-0.2, -0.15) is 0 Å². The maximum absolute atomic E-state index is 12.1. The summed E-state index contributed by atoms with van der Waals surface area (Å²) in [5.41, 5.74) is 1.46. The number of amides is 3. The second-order valence-corrected chi connectivity index (χ2v) is 6.36. The third-order valence-electron chi connectivity index (χ3n) is 4.13. The number of aliphatic hydroxyl groups is 1. The number of aliphatic hydroxyl groups excluding tert-OH is 1. The summed E-state index contributed by atoms with van der Waals surface area (Å²) >= 11 is 0. The maximum atomic E-state index is 12.1. The summed E-state index contributed by atoms with van der Waals surface area (Å²) in [6, 6.07) is 15.1. The molecule has 0 saturated heterocycles. The van der Waals surface area contributed by atoms with Gasteiger partial charge in [-0.3, -0.25) is 14.4 Å². The molecule has 4 N–H and O–H groups in total. The van der Waals surface area contributed by atoms with Crippen LogP contribution in [0.25, 0.3) is 0 Å². The standard InChI is InChI=1S/C21H25N3O5/c1-14(25)23-12-18(26)24-19(21(28)22-2)20(27)16-8-10-17(11-9-16)29-13-15-6-4-3-5-7-15/h3-11,19-20,27H,12-13H2,1-2H3,(H,22,28)(H,23,25)(H,24,26). The van der Waals surface area contributed by atoms with Crippen LogP contribution in [0.1, 0.15) is 24.2 Å². The Morgan fingerprint density at radius 2 is 1.69 bits per heavy atom. The molecule has 0 aliphatic rings. The van der Waals surface area contributed by atoms with Crippen LogP contribution in [0.4, 0.5) is 0 Å². The molecule has 2 rings (SSSR count). The lowest BCUT2D eigenvalue weighted by molar-refractivity contribution is -0.131. The molecule has 0 aliphatic carbocycles. The Bertz CT molecular complexity index is 824. The molecule has 2 aromatic carbocycles. The Morgan fingerprint density at radius 1 is 1.03 bits per heavy atom. The van der Waals surface area contributed by atoms with Crippen LogP contribution in [0.3, 0.4) is 0 Å². The molecule has 0 aliphatic heterocycles. The molecule has 0 bridgehead atoms. The van der Waals surface area contributed by atoms with Gasteiger partial charge >= 0.3 is 0 Å². The maximum Gasteiger partial charge on any atom is 0.245 e. The van der Waals surface area contributed by atoms with Crippen LogP contribution in [-0.2, 0) is 21.0 Å². The Balaban J connectivity index is 2.02. The number of likely N-dealkylation sites (N-methyl/N-ethyl adjacent to an activating group) is 1. The van der Waals surface area contributed by atoms with Crippen molar-refractivity contribution in [2.24, 2.45) is 0 Å². The number of benzene rings is 2. The molecule has 0 radical (unpaired) electrons. The predicted molar refractivity (Wildman–Crippen MR) is 107 cm³/mol. The summed E-state index contributed by atoms with van der Waals surface area (Å²) in [7, 11) is 1.41. The quantitative estimate of drug-likeness (QED) is 0.494. The second kappa shape index (κ2) is 10.8. The lowest BCUT2D eigenvalue weighted by Gasteiger charge is -2.23. The number of hydrogen-bond donors (Lipinski definition) is 4. The van der Waals surface area contributed by atoms with Crippen LogP contribution < -0.4 is 20.7 Å². The number of rotatable bonds is 9. The van der Waals surface area contributed by atoms with E-state index in [4.69, 9.17) is 4.74 Å². The van der Waals surface area contributed by atoms with Crippen molar-refractivity contribution < 1.29 is 24.2 Å². The number of hydrogen-bond acceptors (Lipinski definition) is 5. The number of nitrogens with one attached hydrogen (secondary N) is 3. The van der Waals surface area contributed by atoms with E-state index in [-0.39, 0.29) is 12.5 Å². The van der Waals surface area contributed by atoms with E-state index in [9.17, 15) is 19.5 Å². The van der Waals surface area contributed by atoms with Gasteiger partial charge in [-0.15, -0.1) is 0 Å². The molecule has 8 heteroatoms. The zero-order valence-corrected chi connectivity index (χ0v) is 16.3. The predicted octanol–water partition coefficient (Wildman–Crippen LogP) is 0.666. The average Bonchev–Trinajstić information content (AvgIpc) is 2.74. The fraction of sp³-hybridized carbons (Fsp3) is 0.286. The average molecular weight is 399 g/mol. The van der Waals surface area contributed by atoms with Gasteiger partial charge in [0.1, 0.15) is 24.5 Å². The van der Waals surface area contributed by atoms with E-state index < -0.39 is 24.0 Å². The van der Waals surface area contributed by atoms with Gasteiger partial charge in [-0.1, -0.05) is 42.5 Å². The fourth-order valence-electron chi connectivity index (χ4n) is 2.57. The van der Waals surface area contributed by atoms with Gasteiger partial charge < -0.3 is 25.8 Å². The molecule has 8 nitrogen and oxygen atoms in total. The molecule has 0 spiro atoms. The van der Waals surface area contributed by atoms with Crippen molar-refractivity contribution in [3.05, 3.63) is 65.7 Å². The molecular weight excluding hydrogens is 374 g/mol. The highest BCUT2D eigenvalue weighted by Crippen LogP contribution is 2.21. The topological polar surface area (TPSA) is 117 Å². The molecule has 2 aromatic rings. The monoisotopic (exact) mass is 399 g/mol. The Kier molecular flexibility index (Phi) is 8.17. The lowest BCUT2D eigenvalue weighted by atomic mass is 10.0. The van der Waals surface area contributed by atoms with Crippen LogP contribution in [-0.4, -0.2) is 42.5 Å². The molecule has 154 valence electrons. The third kappa shape index (κ3) is 6.93. The first-order valence-electron chi connectivity index (χ1n) is 9.11. The van der Waals surface area contributed by atoms with E-state index in [1.807, 2.05) is 30.3 Å². The van der Waals surface area contributed by atoms with E-state index in [1.165, 1.54) is 14.0 Å². The summed E-state index contributed by atoms with van der Waals surface area (Å²) in [5, 5.41) is 17.8. The van der Waals surface area contributed by atoms with Gasteiger partial charge in [0.2, 0.25) is 17.7 Å². The number of ether oxygens (including phenoxy) is 1. The van der Waals surface area contributed by atoms with Crippen LogP contribution in [0.15, 0.2) is 54.6 Å². The highest BCUT2D eigenvalue weighted by molar-refractivity contribution is 5.90. The summed E-state index contributed by atoms with van der Waals surface area (Å²) in [6.07, 6.45) is -1.28. The van der Waals surface area contributed by atoms with Crippen molar-refractivity contribution in [3.8, 4) is 5.75 Å². The van der Waals surface area contributed by atoms with E-state index in [0.29, 0.717) is 17.9 Å². The van der Waals surface area contributed by atoms with E-state index in [1.54, 1.807) is 24.3 Å². The zero-order valence-electron chi connectivity index (χ0n) is 16.3. The number of carbonyl (C=O) groups is 3. The van der Waals surface area contributed by atoms with Crippen molar-refractivity contribution >= 4 is 17.7 Å². The molecule has 2 atom stereocenters. The van der Waals surface area contributed by atoms with Gasteiger partial charge in [0.25, 0.3) is 0 Å². The Labute approximate surface area is 169 Å². The SMILES string of the molecule is CNC(=O)C(NC(=O)CNC(C)=O)C(O)c1ccc(OCc2ccccc2)cc1. The van der Waals surface area contributed by atoms with Crippen molar-refractivity contribution in [1.82, 2.24) is 16.0 Å². The normalized spacial score (nSPS) is 12.4. The van der Waals surface area contributed by atoms with Crippen molar-refractivity contribution in [3.63, 3.8) is 0 Å². The van der Waals surface area contributed by atoms with Crippen LogP contribution in [0.5, 0.6) is 5.75 Å². The smallest absolute Gasteiger partial charge is 0.245 e. The highest BCUT2D eigenvalue weighted by Gasteiger charge is 2.29. The van der Waals surface area contributed by atoms with Crippen LogP contribution in [0.2, 0.25) is 0 Å². The van der Waals surface area contributed by atoms with Gasteiger partial charge in [0, 0.05) is 14.0 Å². The molecule has 0 fully saturated rings. The second-order valence-electron chi connectivity index (χ2n) is 6.36. The minimum atomic E-state index is -1.28. The summed E-state index contributed by atoms with van der Waals surface area (Å²) in [6.45, 7) is 1.39. The van der Waals surface area contributed by atoms with Gasteiger partial charge in [0.05, 0.1) is 6.54 Å². The molecule has 0 heterocycles. The van der Waals surface area contributed by atoms with Gasteiger partial charge in [-0.25, -0.2) is 0 Å². The first kappa shape index (κ1) is 21.9. The highest BCUT2D eigenvalue weighted by atomic mass is 16.5. The van der Waals surface area contributed by atoms with Crippen LogP contribution >= 0.6 is 0 Å². The summed E-state index contributed by atoms with van der Waals surface area (Å²) in [4.78, 5) is 35.0. The fourth-order valence-corrected chi connectivity index (χ4v) is 2.57. The Hall–Kier alpha value is -3.39. The molecule has 3 amide bonds. The van der Waals surface area contributed by atoms with Gasteiger partial charge in [0.15, 0.2) is 0 Å². The first-order chi connectivity index (χ1) is 13.9. The lowest BCUT2D eigenvalue weighted by Crippen LogP contribution is -2.51. The molecular formula is C21H25N3O5. The largest absolute Gasteiger partial charge is 0.489 e. The Morgan fingerprint density at radius 3 is 2.28 bits per heavy atom. The minimum absolute atomic E-state index is 0.290. The van der Waals surface area contributed by atoms with Crippen molar-refractivity contribution in [2.75, 3.05) is 13.6 Å². The van der Waals surface area contributed by atoms with Crippen molar-refractivity contribution in [1.29, 1.82) is 0 Å². The minimum Gasteiger partial charge on any atom is -0.489 e. The molecule has 0 saturated carbocycles. The summed E-state index contributed by atoms with van der Waals surface area (Å²) < 4.78 is 5.70. The van der Waals surface area contributed by atoms with E-state index >= 15 is 0 Å². The van der Waals surface area contributed by atoms with Gasteiger partial charge in [-0.05, 0) is 23.3 Å². The van der Waals surface area contributed by atoms with E-state index in [2.05, 4.69) is 16.0 Å². The molecule has 2 unspecified atom stereocenters. The van der Waals surface area contributed by atoms with E-state index in [0.717, 1.165) is 5.56 Å². The molecule has 29 heavy (non-hydrogen) atoms. The first-order valence-corrected chi connectivity index (χ1v) is 9.11. The van der Waals surface area contributed by atoms with Crippen molar-refractivity contribution in [2.45, 2.75) is 25.7 Å². The zero-order chi connectivity index (χ0) is 21.2. The summed E-state index contributed by atoms with van der Waals surface area (Å²) in [5.74, 6) is -0.909.